The number of fused-ring (bicyclic) bond motifs is 2. The average Bonchev–Trinajstić information content (AvgIpc) is 2.79. The molecule has 0 aliphatic carbocycles. The minimum absolute atomic E-state index is 0.230. The summed E-state index contributed by atoms with van der Waals surface area (Å²) in [4.78, 5) is 0. The fraction of sp³-hybridized carbons (Fsp3) is 0.286. The van der Waals surface area contributed by atoms with Crippen LogP contribution in [0.25, 0.3) is 32.7 Å². The third-order valence-electron chi connectivity index (χ3n) is 6.15. The Labute approximate surface area is 217 Å². The van der Waals surface area contributed by atoms with Gasteiger partial charge < -0.3 is 10.2 Å². The molecule has 166 valence electrons. The molecule has 0 bridgehead atoms. The van der Waals surface area contributed by atoms with Crippen LogP contribution in [0.15, 0.2) is 48.5 Å². The van der Waals surface area contributed by atoms with Gasteiger partial charge in [-0.1, -0.05) is 63.1 Å². The van der Waals surface area contributed by atoms with Gasteiger partial charge in [-0.2, -0.15) is 0 Å². The predicted octanol–water partition coefficient (Wildman–Crippen LogP) is 8.97. The lowest BCUT2D eigenvalue weighted by molar-refractivity contribution is 0.466. The molecule has 0 radical (unpaired) electrons. The quantitative estimate of drug-likeness (QED) is 0.196. The Morgan fingerprint density at radius 1 is 0.625 bits per heavy atom. The average molecular weight is 650 g/mol. The van der Waals surface area contributed by atoms with Crippen molar-refractivity contribution in [2.75, 3.05) is 0 Å². The van der Waals surface area contributed by atoms with E-state index in [4.69, 9.17) is 0 Å². The Morgan fingerprint density at radius 2 is 1.03 bits per heavy atom. The molecule has 4 heteroatoms. The second-order valence-electron chi connectivity index (χ2n) is 8.48. The van der Waals surface area contributed by atoms with Gasteiger partial charge in [0.25, 0.3) is 0 Å². The van der Waals surface area contributed by atoms with E-state index < -0.39 is 0 Å². The fourth-order valence-electron chi connectivity index (χ4n) is 4.40. The fourth-order valence-corrected chi connectivity index (χ4v) is 5.61. The maximum atomic E-state index is 11.2. The predicted molar refractivity (Wildman–Crippen MR) is 153 cm³/mol. The summed E-state index contributed by atoms with van der Waals surface area (Å²) in [5, 5.41) is 26.5. The molecule has 2 N–H and O–H groups in total. The van der Waals surface area contributed by atoms with Crippen LogP contribution >= 0.6 is 45.2 Å². The monoisotopic (exact) mass is 650 g/mol. The highest BCUT2D eigenvalue weighted by molar-refractivity contribution is 14.1. The lowest BCUT2D eigenvalue weighted by atomic mass is 9.90. The minimum atomic E-state index is 0.230. The number of aromatic hydroxyl groups is 2. The Morgan fingerprint density at radius 3 is 1.41 bits per heavy atom. The number of hydrogen-bond donors (Lipinski definition) is 2. The third-order valence-corrected chi connectivity index (χ3v) is 7.79. The van der Waals surface area contributed by atoms with Crippen molar-refractivity contribution in [3.8, 4) is 22.6 Å². The lowest BCUT2D eigenvalue weighted by Crippen LogP contribution is -1.93. The van der Waals surface area contributed by atoms with Crippen molar-refractivity contribution >= 4 is 66.7 Å². The van der Waals surface area contributed by atoms with Gasteiger partial charge in [0.1, 0.15) is 11.5 Å². The van der Waals surface area contributed by atoms with Gasteiger partial charge in [-0.15, -0.1) is 0 Å². The van der Waals surface area contributed by atoms with E-state index in [2.05, 4.69) is 95.4 Å². The molecule has 0 aliphatic rings. The first kappa shape index (κ1) is 23.6. The van der Waals surface area contributed by atoms with E-state index in [9.17, 15) is 10.2 Å². The Balaban J connectivity index is 1.99. The maximum Gasteiger partial charge on any atom is 0.137 e. The Hall–Kier alpha value is -1.54. The zero-order chi connectivity index (χ0) is 22.8. The highest BCUT2D eigenvalue weighted by Crippen LogP contribution is 2.48. The van der Waals surface area contributed by atoms with Crippen LogP contribution in [-0.4, -0.2) is 10.2 Å². The molecule has 0 spiro atoms. The van der Waals surface area contributed by atoms with E-state index >= 15 is 0 Å². The van der Waals surface area contributed by atoms with Gasteiger partial charge in [-0.05, 0) is 116 Å². The van der Waals surface area contributed by atoms with Gasteiger partial charge in [-0.3, -0.25) is 0 Å². The van der Waals surface area contributed by atoms with E-state index in [0.29, 0.717) is 0 Å². The van der Waals surface area contributed by atoms with E-state index in [1.165, 1.54) is 24.0 Å². The summed E-state index contributed by atoms with van der Waals surface area (Å²) in [6, 6.07) is 17.1. The summed E-state index contributed by atoms with van der Waals surface area (Å²) in [6.07, 6.45) is 6.76. The SMILES string of the molecule is CCCCc1ccc2c(-c3c(O)c(I)cc4cc(CCCC)ccc34)c(O)c(I)cc2c1. The molecular formula is C28H28I2O2. The van der Waals surface area contributed by atoms with Crippen molar-refractivity contribution in [1.82, 2.24) is 0 Å². The highest BCUT2D eigenvalue weighted by Gasteiger charge is 2.21. The van der Waals surface area contributed by atoms with Crippen molar-refractivity contribution in [2.24, 2.45) is 0 Å². The number of rotatable bonds is 7. The van der Waals surface area contributed by atoms with Crippen LogP contribution in [0.5, 0.6) is 11.5 Å². The van der Waals surface area contributed by atoms with E-state index in [0.717, 1.165) is 65.5 Å². The molecule has 0 amide bonds. The number of phenols is 2. The summed E-state index contributed by atoms with van der Waals surface area (Å²) in [7, 11) is 0. The molecule has 32 heavy (non-hydrogen) atoms. The topological polar surface area (TPSA) is 40.5 Å². The maximum absolute atomic E-state index is 11.2. The smallest absolute Gasteiger partial charge is 0.137 e. The highest BCUT2D eigenvalue weighted by atomic mass is 127. The van der Waals surface area contributed by atoms with Gasteiger partial charge in [0.2, 0.25) is 0 Å². The lowest BCUT2D eigenvalue weighted by Gasteiger charge is -2.17. The van der Waals surface area contributed by atoms with Crippen molar-refractivity contribution in [1.29, 1.82) is 0 Å². The van der Waals surface area contributed by atoms with Crippen LogP contribution in [0.4, 0.5) is 0 Å². The molecule has 0 saturated carbocycles. The molecule has 0 unspecified atom stereocenters. The number of halogens is 2. The van der Waals surface area contributed by atoms with Gasteiger partial charge in [0.05, 0.1) is 7.14 Å². The Bertz CT molecular complexity index is 1190. The molecule has 0 aromatic heterocycles. The van der Waals surface area contributed by atoms with Crippen LogP contribution in [0.3, 0.4) is 0 Å². The largest absolute Gasteiger partial charge is 0.506 e. The molecule has 0 atom stereocenters. The second-order valence-corrected chi connectivity index (χ2v) is 10.8. The molecular weight excluding hydrogens is 622 g/mol. The van der Waals surface area contributed by atoms with Crippen LogP contribution in [-0.2, 0) is 12.8 Å². The summed E-state index contributed by atoms with van der Waals surface area (Å²) in [5.74, 6) is 0.459. The van der Waals surface area contributed by atoms with E-state index in [-0.39, 0.29) is 11.5 Å². The van der Waals surface area contributed by atoms with Gasteiger partial charge in [0, 0.05) is 11.1 Å². The van der Waals surface area contributed by atoms with Crippen LogP contribution in [0, 0.1) is 7.14 Å². The van der Waals surface area contributed by atoms with Crippen molar-refractivity contribution < 1.29 is 10.2 Å². The van der Waals surface area contributed by atoms with Crippen molar-refractivity contribution in [2.45, 2.75) is 52.4 Å². The number of aryl methyl sites for hydroxylation is 2. The first-order valence-electron chi connectivity index (χ1n) is 11.3. The molecule has 4 rings (SSSR count). The van der Waals surface area contributed by atoms with E-state index in [1.807, 2.05) is 12.1 Å². The third kappa shape index (κ3) is 4.58. The number of hydrogen-bond acceptors (Lipinski definition) is 2. The van der Waals surface area contributed by atoms with E-state index in [1.54, 1.807) is 0 Å². The van der Waals surface area contributed by atoms with Gasteiger partial charge >= 0.3 is 0 Å². The number of benzene rings is 4. The zero-order valence-corrected chi connectivity index (χ0v) is 22.8. The van der Waals surface area contributed by atoms with Crippen LogP contribution < -0.4 is 0 Å². The first-order chi connectivity index (χ1) is 15.4. The summed E-state index contributed by atoms with van der Waals surface area (Å²) in [6.45, 7) is 4.41. The second kappa shape index (κ2) is 10.2. The van der Waals surface area contributed by atoms with Gasteiger partial charge in [-0.25, -0.2) is 0 Å². The zero-order valence-electron chi connectivity index (χ0n) is 18.5. The summed E-state index contributed by atoms with van der Waals surface area (Å²) < 4.78 is 1.59. The Kier molecular flexibility index (Phi) is 7.50. The van der Waals surface area contributed by atoms with Crippen molar-refractivity contribution in [3.05, 3.63) is 66.8 Å². The summed E-state index contributed by atoms with van der Waals surface area (Å²) >= 11 is 4.39. The number of unbranched alkanes of at least 4 members (excludes halogenated alkanes) is 2. The van der Waals surface area contributed by atoms with Gasteiger partial charge in [0.15, 0.2) is 0 Å². The minimum Gasteiger partial charge on any atom is -0.506 e. The molecule has 0 aliphatic heterocycles. The first-order valence-corrected chi connectivity index (χ1v) is 13.5. The van der Waals surface area contributed by atoms with Crippen LogP contribution in [0.2, 0.25) is 0 Å². The molecule has 0 saturated heterocycles. The van der Waals surface area contributed by atoms with Crippen molar-refractivity contribution in [3.63, 3.8) is 0 Å². The standard InChI is InChI=1S/C28H28I2O2/c1-3-5-7-17-9-11-21-19(13-17)15-23(29)27(31)25(21)26-22-12-10-18(8-6-4-2)14-20(22)16-24(30)28(26)32/h9-16,31-32H,3-8H2,1-2H3. The number of phenolic OH excluding ortho intramolecular Hbond substituents is 2. The normalized spacial score (nSPS) is 11.5. The molecule has 2 nitrogen and oxygen atoms in total. The molecule has 4 aromatic rings. The molecule has 0 heterocycles. The molecule has 4 aromatic carbocycles. The molecule has 0 fully saturated rings. The van der Waals surface area contributed by atoms with Crippen LogP contribution in [0.1, 0.15) is 50.7 Å². The summed E-state index contributed by atoms with van der Waals surface area (Å²) in [5.41, 5.74) is 4.06.